The highest BCUT2D eigenvalue weighted by atomic mass is 16.5. The molecule has 0 saturated heterocycles. The zero-order valence-corrected chi connectivity index (χ0v) is 19.9. The number of carbonyl (C=O) groups is 3. The largest absolute Gasteiger partial charge is 0.481 e. The third kappa shape index (κ3) is 6.59. The van der Waals surface area contributed by atoms with Crippen molar-refractivity contribution in [3.05, 3.63) is 59.7 Å². The van der Waals surface area contributed by atoms with Crippen molar-refractivity contribution in [3.8, 4) is 11.1 Å². The van der Waals surface area contributed by atoms with E-state index in [2.05, 4.69) is 34.9 Å². The molecule has 3 rings (SSSR count). The first-order chi connectivity index (χ1) is 16.4. The lowest BCUT2D eigenvalue weighted by molar-refractivity contribution is -0.138. The van der Waals surface area contributed by atoms with Gasteiger partial charge in [0.15, 0.2) is 0 Å². The Bertz CT molecular complexity index is 961. The molecule has 1 unspecified atom stereocenters. The quantitative estimate of drug-likeness (QED) is 0.421. The summed E-state index contributed by atoms with van der Waals surface area (Å²) in [4.78, 5) is 35.9. The average molecular weight is 467 g/mol. The van der Waals surface area contributed by atoms with Crippen LogP contribution in [0.5, 0.6) is 0 Å². The van der Waals surface area contributed by atoms with Gasteiger partial charge in [-0.2, -0.15) is 0 Å². The van der Waals surface area contributed by atoms with E-state index >= 15 is 0 Å². The Labute approximate surface area is 200 Å². The molecule has 0 fully saturated rings. The van der Waals surface area contributed by atoms with Gasteiger partial charge in [0, 0.05) is 31.3 Å². The molecule has 0 bridgehead atoms. The summed E-state index contributed by atoms with van der Waals surface area (Å²) in [6.45, 7) is 4.42. The zero-order valence-electron chi connectivity index (χ0n) is 19.9. The van der Waals surface area contributed by atoms with Gasteiger partial charge in [-0.15, -0.1) is 0 Å². The summed E-state index contributed by atoms with van der Waals surface area (Å²) in [5.41, 5.74) is 4.63. The van der Waals surface area contributed by atoms with Crippen LogP contribution in [0.4, 0.5) is 4.79 Å². The van der Waals surface area contributed by atoms with Gasteiger partial charge in [0.05, 0.1) is 0 Å². The number of carbonyl (C=O) groups excluding carboxylic acids is 2. The molecule has 2 amide bonds. The fourth-order valence-electron chi connectivity index (χ4n) is 4.54. The highest BCUT2D eigenvalue weighted by Crippen LogP contribution is 2.44. The molecule has 0 spiro atoms. The summed E-state index contributed by atoms with van der Waals surface area (Å²) >= 11 is 0. The number of fused-ring (bicyclic) bond motifs is 3. The molecule has 0 saturated carbocycles. The van der Waals surface area contributed by atoms with Gasteiger partial charge in [0.2, 0.25) is 5.91 Å². The molecule has 0 radical (unpaired) electrons. The maximum atomic E-state index is 12.6. The van der Waals surface area contributed by atoms with Gasteiger partial charge in [0.1, 0.15) is 6.61 Å². The van der Waals surface area contributed by atoms with E-state index in [1.165, 1.54) is 11.1 Å². The SMILES string of the molecule is CCC[C@@H](CC(=O)NCC(CC)CC(=O)O)NC(=O)OCC1c2ccccc2-c2ccccc21. The van der Waals surface area contributed by atoms with Crippen LogP contribution < -0.4 is 10.6 Å². The number of rotatable bonds is 12. The van der Waals surface area contributed by atoms with E-state index in [0.717, 1.165) is 17.5 Å². The molecular weight excluding hydrogens is 432 g/mol. The summed E-state index contributed by atoms with van der Waals surface area (Å²) < 4.78 is 5.61. The highest BCUT2D eigenvalue weighted by Gasteiger charge is 2.29. The Hall–Kier alpha value is -3.35. The average Bonchev–Trinajstić information content (AvgIpc) is 3.14. The van der Waals surface area contributed by atoms with Crippen LogP contribution in [0.25, 0.3) is 11.1 Å². The maximum Gasteiger partial charge on any atom is 0.407 e. The zero-order chi connectivity index (χ0) is 24.5. The number of nitrogens with one attached hydrogen (secondary N) is 2. The highest BCUT2D eigenvalue weighted by molar-refractivity contribution is 5.79. The molecule has 2 aromatic rings. The first-order valence-electron chi connectivity index (χ1n) is 12.0. The Balaban J connectivity index is 1.53. The number of amides is 2. The summed E-state index contributed by atoms with van der Waals surface area (Å²) in [5, 5.41) is 14.6. The van der Waals surface area contributed by atoms with Crippen LogP contribution in [0, 0.1) is 5.92 Å². The number of aliphatic carboxylic acids is 1. The van der Waals surface area contributed by atoms with Gasteiger partial charge in [-0.3, -0.25) is 9.59 Å². The number of carboxylic acid groups (broad SMARTS) is 1. The minimum absolute atomic E-state index is 0.0210. The van der Waals surface area contributed by atoms with Crippen molar-refractivity contribution in [3.63, 3.8) is 0 Å². The van der Waals surface area contributed by atoms with Crippen LogP contribution >= 0.6 is 0 Å². The van der Waals surface area contributed by atoms with Gasteiger partial charge in [-0.1, -0.05) is 75.2 Å². The van der Waals surface area contributed by atoms with Gasteiger partial charge in [0.25, 0.3) is 0 Å². The third-order valence-corrected chi connectivity index (χ3v) is 6.36. The molecule has 3 N–H and O–H groups in total. The van der Waals surface area contributed by atoms with Crippen LogP contribution in [-0.2, 0) is 14.3 Å². The molecule has 0 heterocycles. The molecule has 1 aliphatic rings. The van der Waals surface area contributed by atoms with Crippen LogP contribution in [0.1, 0.15) is 63.0 Å². The summed E-state index contributed by atoms with van der Waals surface area (Å²) in [6, 6.07) is 16.0. The van der Waals surface area contributed by atoms with Crippen molar-refractivity contribution in [1.29, 1.82) is 0 Å². The van der Waals surface area contributed by atoms with Crippen LogP contribution in [0.15, 0.2) is 48.5 Å². The van der Waals surface area contributed by atoms with Crippen LogP contribution in [-0.4, -0.2) is 42.3 Å². The van der Waals surface area contributed by atoms with Crippen molar-refractivity contribution >= 4 is 18.0 Å². The molecule has 0 aromatic heterocycles. The normalized spacial score (nSPS) is 13.9. The van der Waals surface area contributed by atoms with Crippen molar-refractivity contribution in [2.45, 2.75) is 57.9 Å². The van der Waals surface area contributed by atoms with Gasteiger partial charge in [-0.05, 0) is 34.6 Å². The summed E-state index contributed by atoms with van der Waals surface area (Å²) in [5.74, 6) is -1.21. The van der Waals surface area contributed by atoms with E-state index in [-0.39, 0.29) is 43.2 Å². The molecule has 182 valence electrons. The first-order valence-corrected chi connectivity index (χ1v) is 12.0. The number of ether oxygens (including phenoxy) is 1. The second-order valence-corrected chi connectivity index (χ2v) is 8.84. The molecule has 0 aliphatic heterocycles. The number of hydrogen-bond donors (Lipinski definition) is 3. The fraction of sp³-hybridized carbons (Fsp3) is 0.444. The van der Waals surface area contributed by atoms with Crippen molar-refractivity contribution in [1.82, 2.24) is 10.6 Å². The Morgan fingerprint density at radius 3 is 2.15 bits per heavy atom. The first kappa shape index (κ1) is 25.3. The van der Waals surface area contributed by atoms with Crippen molar-refractivity contribution in [2.24, 2.45) is 5.92 Å². The topological polar surface area (TPSA) is 105 Å². The fourth-order valence-corrected chi connectivity index (χ4v) is 4.54. The van der Waals surface area contributed by atoms with E-state index in [0.29, 0.717) is 19.4 Å². The number of hydrogen-bond acceptors (Lipinski definition) is 4. The molecule has 34 heavy (non-hydrogen) atoms. The Morgan fingerprint density at radius 2 is 1.59 bits per heavy atom. The van der Waals surface area contributed by atoms with Gasteiger partial charge in [-0.25, -0.2) is 4.79 Å². The molecule has 7 heteroatoms. The Morgan fingerprint density at radius 1 is 0.971 bits per heavy atom. The van der Waals surface area contributed by atoms with E-state index in [1.54, 1.807) is 0 Å². The second kappa shape index (κ2) is 12.2. The minimum Gasteiger partial charge on any atom is -0.481 e. The lowest BCUT2D eigenvalue weighted by atomic mass is 9.98. The lowest BCUT2D eigenvalue weighted by Gasteiger charge is -2.20. The smallest absolute Gasteiger partial charge is 0.407 e. The van der Waals surface area contributed by atoms with Crippen molar-refractivity contribution in [2.75, 3.05) is 13.2 Å². The number of benzene rings is 2. The van der Waals surface area contributed by atoms with E-state index in [1.807, 2.05) is 38.1 Å². The molecule has 1 aliphatic carbocycles. The predicted octanol–water partition coefficient (Wildman–Crippen LogP) is 4.70. The van der Waals surface area contributed by atoms with E-state index < -0.39 is 12.1 Å². The molecular formula is C27H34N2O5. The molecule has 2 aromatic carbocycles. The van der Waals surface area contributed by atoms with Crippen molar-refractivity contribution < 1.29 is 24.2 Å². The van der Waals surface area contributed by atoms with E-state index in [4.69, 9.17) is 9.84 Å². The molecule has 2 atom stereocenters. The maximum absolute atomic E-state index is 12.6. The number of carboxylic acids is 1. The summed E-state index contributed by atoms with van der Waals surface area (Å²) in [6.07, 6.45) is 1.73. The second-order valence-electron chi connectivity index (χ2n) is 8.84. The van der Waals surface area contributed by atoms with Gasteiger partial charge < -0.3 is 20.5 Å². The number of alkyl carbamates (subject to hydrolysis) is 1. The lowest BCUT2D eigenvalue weighted by Crippen LogP contribution is -2.40. The monoisotopic (exact) mass is 466 g/mol. The Kier molecular flexibility index (Phi) is 9.08. The minimum atomic E-state index is -0.873. The van der Waals surface area contributed by atoms with Crippen LogP contribution in [0.3, 0.4) is 0 Å². The molecule has 7 nitrogen and oxygen atoms in total. The summed E-state index contributed by atoms with van der Waals surface area (Å²) in [7, 11) is 0. The van der Waals surface area contributed by atoms with Gasteiger partial charge >= 0.3 is 12.1 Å². The third-order valence-electron chi connectivity index (χ3n) is 6.36. The predicted molar refractivity (Wildman–Crippen MR) is 131 cm³/mol. The van der Waals surface area contributed by atoms with Crippen LogP contribution in [0.2, 0.25) is 0 Å². The van der Waals surface area contributed by atoms with E-state index in [9.17, 15) is 14.4 Å². The standard InChI is InChI=1S/C27H34N2O5/c1-3-9-19(15-25(30)28-16-18(4-2)14-26(31)32)29-27(33)34-17-24-22-12-7-5-10-20(22)21-11-6-8-13-23(21)24/h5-8,10-13,18-19,24H,3-4,9,14-17H2,1-2H3,(H,28,30)(H,29,33)(H,31,32)/t18?,19-/m0/s1.